The molecule has 1 N–H and O–H groups in total. The number of alkyl halides is 3. The molecule has 3 aromatic rings. The highest BCUT2D eigenvalue weighted by Gasteiger charge is 2.33. The summed E-state index contributed by atoms with van der Waals surface area (Å²) in [4.78, 5) is 8.21. The van der Waals surface area contributed by atoms with Gasteiger partial charge in [0.1, 0.15) is 5.82 Å². The first kappa shape index (κ1) is 16.0. The lowest BCUT2D eigenvalue weighted by Gasteiger charge is -2.13. The zero-order valence-corrected chi connectivity index (χ0v) is 12.6. The van der Waals surface area contributed by atoms with Crippen LogP contribution in [0.2, 0.25) is 0 Å². The molecule has 0 saturated carbocycles. The second-order valence-electron chi connectivity index (χ2n) is 5.19. The Hall–Kier alpha value is -2.89. The summed E-state index contributed by atoms with van der Waals surface area (Å²) < 4.78 is 39.2. The van der Waals surface area contributed by atoms with E-state index in [4.69, 9.17) is 0 Å². The van der Waals surface area contributed by atoms with Crippen molar-refractivity contribution in [1.29, 1.82) is 0 Å². The van der Waals surface area contributed by atoms with Crippen LogP contribution in [0.4, 0.5) is 19.0 Å². The van der Waals surface area contributed by atoms with Gasteiger partial charge in [0.2, 0.25) is 0 Å². The molecule has 0 fully saturated rings. The molecule has 0 spiro atoms. The molecular weight excluding hydrogens is 315 g/mol. The Morgan fingerprint density at radius 2 is 1.75 bits per heavy atom. The minimum absolute atomic E-state index is 0.122. The van der Waals surface area contributed by atoms with Crippen molar-refractivity contribution in [3.05, 3.63) is 78.2 Å². The molecule has 6 heteroatoms. The molecule has 0 atom stereocenters. The average Bonchev–Trinajstić information content (AvgIpc) is 2.61. The van der Waals surface area contributed by atoms with E-state index in [-0.39, 0.29) is 5.56 Å². The van der Waals surface area contributed by atoms with Gasteiger partial charge in [-0.2, -0.15) is 13.2 Å². The van der Waals surface area contributed by atoms with Crippen molar-refractivity contribution in [3.8, 4) is 11.1 Å². The van der Waals surface area contributed by atoms with Crippen LogP contribution in [0.5, 0.6) is 0 Å². The summed E-state index contributed by atoms with van der Waals surface area (Å²) >= 11 is 0. The molecule has 1 aromatic carbocycles. The van der Waals surface area contributed by atoms with E-state index in [1.54, 1.807) is 30.6 Å². The molecule has 24 heavy (non-hydrogen) atoms. The fourth-order valence-corrected chi connectivity index (χ4v) is 2.34. The number of hydrogen-bond donors (Lipinski definition) is 1. The Balaban J connectivity index is 1.78. The largest absolute Gasteiger partial charge is 0.417 e. The maximum Gasteiger partial charge on any atom is 0.417 e. The molecule has 3 rings (SSSR count). The molecule has 0 aliphatic carbocycles. The molecule has 2 aromatic heterocycles. The quantitative estimate of drug-likeness (QED) is 0.749. The van der Waals surface area contributed by atoms with Gasteiger partial charge in [0.25, 0.3) is 0 Å². The van der Waals surface area contributed by atoms with Crippen molar-refractivity contribution in [3.63, 3.8) is 0 Å². The zero-order valence-electron chi connectivity index (χ0n) is 12.6. The number of benzene rings is 1. The van der Waals surface area contributed by atoms with Crippen LogP contribution in [0.1, 0.15) is 11.1 Å². The summed E-state index contributed by atoms with van der Waals surface area (Å²) in [5.74, 6) is 0.590. The van der Waals surface area contributed by atoms with Crippen molar-refractivity contribution in [1.82, 2.24) is 9.97 Å². The second-order valence-corrected chi connectivity index (χ2v) is 5.19. The van der Waals surface area contributed by atoms with Gasteiger partial charge >= 0.3 is 6.18 Å². The molecule has 0 saturated heterocycles. The van der Waals surface area contributed by atoms with E-state index < -0.39 is 11.7 Å². The maximum atomic E-state index is 13.1. The van der Waals surface area contributed by atoms with E-state index in [1.165, 1.54) is 18.3 Å². The van der Waals surface area contributed by atoms with Crippen LogP contribution in [0.3, 0.4) is 0 Å². The first-order chi connectivity index (χ1) is 11.5. The number of nitrogens with zero attached hydrogens (tertiary/aromatic N) is 2. The van der Waals surface area contributed by atoms with Crippen molar-refractivity contribution in [2.24, 2.45) is 0 Å². The summed E-state index contributed by atoms with van der Waals surface area (Å²) in [6.07, 6.45) is 0.472. The number of nitrogens with one attached hydrogen (secondary N) is 1. The van der Waals surface area contributed by atoms with Crippen LogP contribution in [0.15, 0.2) is 67.1 Å². The van der Waals surface area contributed by atoms with Crippen molar-refractivity contribution >= 4 is 5.82 Å². The Morgan fingerprint density at radius 1 is 0.917 bits per heavy atom. The van der Waals surface area contributed by atoms with Gasteiger partial charge < -0.3 is 5.32 Å². The van der Waals surface area contributed by atoms with Crippen LogP contribution in [-0.4, -0.2) is 9.97 Å². The first-order valence-electron chi connectivity index (χ1n) is 7.29. The van der Waals surface area contributed by atoms with Crippen molar-refractivity contribution in [2.45, 2.75) is 12.7 Å². The van der Waals surface area contributed by atoms with Crippen molar-refractivity contribution in [2.75, 3.05) is 5.32 Å². The van der Waals surface area contributed by atoms with Crippen LogP contribution in [0.25, 0.3) is 11.1 Å². The Morgan fingerprint density at radius 3 is 2.42 bits per heavy atom. The summed E-state index contributed by atoms with van der Waals surface area (Å²) in [6.45, 7) is 0.541. The van der Waals surface area contributed by atoms with E-state index in [0.29, 0.717) is 17.9 Å². The number of pyridine rings is 2. The fraction of sp³-hybridized carbons (Fsp3) is 0.111. The molecule has 3 nitrogen and oxygen atoms in total. The zero-order chi connectivity index (χ0) is 17.0. The lowest BCUT2D eigenvalue weighted by Crippen LogP contribution is -2.07. The molecule has 2 heterocycles. The molecule has 0 radical (unpaired) electrons. The lowest BCUT2D eigenvalue weighted by molar-refractivity contribution is -0.137. The van der Waals surface area contributed by atoms with Gasteiger partial charge in [-0.3, -0.25) is 4.98 Å². The van der Waals surface area contributed by atoms with Gasteiger partial charge in [0.05, 0.1) is 5.56 Å². The minimum Gasteiger partial charge on any atom is -0.366 e. The van der Waals surface area contributed by atoms with Crippen LogP contribution >= 0.6 is 0 Å². The van der Waals surface area contributed by atoms with Gasteiger partial charge in [0, 0.05) is 30.7 Å². The molecule has 0 aliphatic heterocycles. The highest BCUT2D eigenvalue weighted by molar-refractivity contribution is 5.68. The molecule has 122 valence electrons. The van der Waals surface area contributed by atoms with E-state index in [9.17, 15) is 13.2 Å². The lowest BCUT2D eigenvalue weighted by atomic mass is 10.0. The number of hydrogen-bond acceptors (Lipinski definition) is 3. The predicted octanol–water partition coefficient (Wildman–Crippen LogP) is 4.77. The maximum absolute atomic E-state index is 13.1. The second kappa shape index (κ2) is 6.70. The predicted molar refractivity (Wildman–Crippen MR) is 86.2 cm³/mol. The van der Waals surface area contributed by atoms with E-state index in [2.05, 4.69) is 15.3 Å². The summed E-state index contributed by atoms with van der Waals surface area (Å²) in [6, 6.07) is 12.5. The molecule has 0 unspecified atom stereocenters. The monoisotopic (exact) mass is 329 g/mol. The number of halogens is 3. The Kier molecular flexibility index (Phi) is 4.46. The third-order valence-corrected chi connectivity index (χ3v) is 3.50. The van der Waals surface area contributed by atoms with E-state index in [0.717, 1.165) is 11.6 Å². The third kappa shape index (κ3) is 3.71. The minimum atomic E-state index is -4.40. The summed E-state index contributed by atoms with van der Waals surface area (Å²) in [5, 5.41) is 3.11. The van der Waals surface area contributed by atoms with Gasteiger partial charge in [-0.15, -0.1) is 0 Å². The Bertz CT molecular complexity index is 800. The highest BCUT2D eigenvalue weighted by Crippen LogP contribution is 2.36. The normalized spacial score (nSPS) is 11.3. The van der Waals surface area contributed by atoms with E-state index in [1.807, 2.05) is 12.1 Å². The van der Waals surface area contributed by atoms with Gasteiger partial charge in [0.15, 0.2) is 0 Å². The molecule has 0 bridgehead atoms. The van der Waals surface area contributed by atoms with Crippen molar-refractivity contribution < 1.29 is 13.2 Å². The van der Waals surface area contributed by atoms with Gasteiger partial charge in [-0.05, 0) is 35.4 Å². The smallest absolute Gasteiger partial charge is 0.366 e. The van der Waals surface area contributed by atoms with Gasteiger partial charge in [-0.25, -0.2) is 4.98 Å². The van der Waals surface area contributed by atoms with Crippen LogP contribution < -0.4 is 5.32 Å². The standard InChI is InChI=1S/C18H14F3N3/c19-18(20,21)16-6-2-1-5-15(16)14-7-8-17(24-12-14)23-11-13-4-3-9-22-10-13/h1-10,12H,11H2,(H,23,24). The van der Waals surface area contributed by atoms with Crippen LogP contribution in [-0.2, 0) is 12.7 Å². The molecular formula is C18H14F3N3. The Labute approximate surface area is 137 Å². The van der Waals surface area contributed by atoms with Crippen LogP contribution in [0, 0.1) is 0 Å². The molecule has 0 aliphatic rings. The number of anilines is 1. The number of aromatic nitrogens is 2. The SMILES string of the molecule is FC(F)(F)c1ccccc1-c1ccc(NCc2cccnc2)nc1. The first-order valence-corrected chi connectivity index (χ1v) is 7.29. The summed E-state index contributed by atoms with van der Waals surface area (Å²) in [5.41, 5.74) is 0.875. The number of rotatable bonds is 4. The average molecular weight is 329 g/mol. The highest BCUT2D eigenvalue weighted by atomic mass is 19.4. The fourth-order valence-electron chi connectivity index (χ4n) is 2.34. The third-order valence-electron chi connectivity index (χ3n) is 3.50. The van der Waals surface area contributed by atoms with E-state index >= 15 is 0 Å². The topological polar surface area (TPSA) is 37.8 Å². The van der Waals surface area contributed by atoms with Gasteiger partial charge in [-0.1, -0.05) is 24.3 Å². The molecule has 0 amide bonds. The summed E-state index contributed by atoms with van der Waals surface area (Å²) in [7, 11) is 0.